The average molecular weight is 366 g/mol. The predicted octanol–water partition coefficient (Wildman–Crippen LogP) is 5.25. The van der Waals surface area contributed by atoms with Crippen molar-refractivity contribution in [2.75, 3.05) is 5.32 Å². The molecule has 3 rings (SSSR count). The standard InChI is InChI=1S/C16H16ClN3OS2/c1-16(2,3)8-11-19-20-15(23-11)18-14(21)13-12(17)9-6-4-5-7-10(9)22-13/h4-7H,8H2,1-3H3,(H,18,20,21). The fourth-order valence-corrected chi connectivity index (χ4v) is 4.59. The molecular weight excluding hydrogens is 350 g/mol. The maximum absolute atomic E-state index is 12.5. The quantitative estimate of drug-likeness (QED) is 0.689. The topological polar surface area (TPSA) is 54.9 Å². The third kappa shape index (κ3) is 3.71. The number of nitrogens with one attached hydrogen (secondary N) is 1. The maximum atomic E-state index is 12.5. The summed E-state index contributed by atoms with van der Waals surface area (Å²) in [5.74, 6) is -0.241. The molecule has 0 saturated heterocycles. The lowest BCUT2D eigenvalue weighted by Gasteiger charge is -2.14. The second kappa shape index (κ2) is 6.19. The van der Waals surface area contributed by atoms with Crippen LogP contribution in [0.2, 0.25) is 5.02 Å². The van der Waals surface area contributed by atoms with E-state index in [4.69, 9.17) is 11.6 Å². The molecule has 4 nitrogen and oxygen atoms in total. The lowest BCUT2D eigenvalue weighted by molar-refractivity contribution is 0.103. The van der Waals surface area contributed by atoms with Crippen LogP contribution in [0.3, 0.4) is 0 Å². The van der Waals surface area contributed by atoms with Crippen molar-refractivity contribution in [2.45, 2.75) is 27.2 Å². The number of nitrogens with zero attached hydrogens (tertiary/aromatic N) is 2. The number of aromatic nitrogens is 2. The largest absolute Gasteiger partial charge is 0.296 e. The van der Waals surface area contributed by atoms with Crippen molar-refractivity contribution in [3.8, 4) is 0 Å². The summed E-state index contributed by atoms with van der Waals surface area (Å²) >= 11 is 9.11. The van der Waals surface area contributed by atoms with Crippen LogP contribution < -0.4 is 5.32 Å². The summed E-state index contributed by atoms with van der Waals surface area (Å²) in [5, 5.41) is 13.8. The maximum Gasteiger partial charge on any atom is 0.269 e. The van der Waals surface area contributed by atoms with Gasteiger partial charge in [-0.25, -0.2) is 0 Å². The highest BCUT2D eigenvalue weighted by Gasteiger charge is 2.19. The number of carbonyl (C=O) groups excluding carboxylic acids is 1. The van der Waals surface area contributed by atoms with Gasteiger partial charge in [-0.2, -0.15) is 0 Å². The van der Waals surface area contributed by atoms with E-state index < -0.39 is 0 Å². The Balaban J connectivity index is 1.80. The third-order valence-electron chi connectivity index (χ3n) is 3.11. The van der Waals surface area contributed by atoms with E-state index in [9.17, 15) is 4.79 Å². The second-order valence-electron chi connectivity index (χ2n) is 6.43. The van der Waals surface area contributed by atoms with Gasteiger partial charge in [-0.05, 0) is 11.5 Å². The van der Waals surface area contributed by atoms with E-state index in [0.717, 1.165) is 21.5 Å². The van der Waals surface area contributed by atoms with Gasteiger partial charge in [0.1, 0.15) is 9.88 Å². The Morgan fingerprint density at radius 1 is 1.22 bits per heavy atom. The highest BCUT2D eigenvalue weighted by atomic mass is 35.5. The van der Waals surface area contributed by atoms with Gasteiger partial charge in [0, 0.05) is 16.5 Å². The van der Waals surface area contributed by atoms with E-state index in [-0.39, 0.29) is 11.3 Å². The van der Waals surface area contributed by atoms with Gasteiger partial charge in [0.2, 0.25) is 5.13 Å². The molecule has 0 aliphatic heterocycles. The number of halogens is 1. The molecule has 0 aliphatic rings. The number of amides is 1. The molecule has 23 heavy (non-hydrogen) atoms. The fraction of sp³-hybridized carbons (Fsp3) is 0.312. The second-order valence-corrected chi connectivity index (χ2v) is 8.93. The number of thiophene rings is 1. The zero-order valence-electron chi connectivity index (χ0n) is 13.0. The average Bonchev–Trinajstić information content (AvgIpc) is 3.02. The number of anilines is 1. The summed E-state index contributed by atoms with van der Waals surface area (Å²) in [5.41, 5.74) is 0.135. The molecule has 0 saturated carbocycles. The summed E-state index contributed by atoms with van der Waals surface area (Å²) in [6.07, 6.45) is 0.824. The Kier molecular flexibility index (Phi) is 4.40. The van der Waals surface area contributed by atoms with E-state index in [2.05, 4.69) is 36.3 Å². The number of benzene rings is 1. The van der Waals surface area contributed by atoms with Crippen LogP contribution in [0.1, 0.15) is 35.5 Å². The van der Waals surface area contributed by atoms with Crippen LogP contribution in [0.4, 0.5) is 5.13 Å². The minimum absolute atomic E-state index is 0.135. The monoisotopic (exact) mass is 365 g/mol. The highest BCUT2D eigenvalue weighted by Crippen LogP contribution is 2.35. The molecule has 1 amide bonds. The van der Waals surface area contributed by atoms with Crippen LogP contribution in [0.25, 0.3) is 10.1 Å². The van der Waals surface area contributed by atoms with Crippen molar-refractivity contribution in [3.05, 3.63) is 39.2 Å². The van der Waals surface area contributed by atoms with Crippen LogP contribution in [-0.4, -0.2) is 16.1 Å². The van der Waals surface area contributed by atoms with Gasteiger partial charge in [-0.15, -0.1) is 21.5 Å². The number of rotatable bonds is 3. The SMILES string of the molecule is CC(C)(C)Cc1nnc(NC(=O)c2sc3ccccc3c2Cl)s1. The first-order valence-electron chi connectivity index (χ1n) is 7.14. The lowest BCUT2D eigenvalue weighted by atomic mass is 9.93. The minimum Gasteiger partial charge on any atom is -0.296 e. The van der Waals surface area contributed by atoms with Crippen LogP contribution in [-0.2, 0) is 6.42 Å². The summed E-state index contributed by atoms with van der Waals surface area (Å²) in [4.78, 5) is 13.0. The Labute approximate surface area is 147 Å². The van der Waals surface area contributed by atoms with Crippen molar-refractivity contribution in [1.29, 1.82) is 0 Å². The van der Waals surface area contributed by atoms with Gasteiger partial charge >= 0.3 is 0 Å². The Morgan fingerprint density at radius 3 is 2.65 bits per heavy atom. The van der Waals surface area contributed by atoms with E-state index in [1.165, 1.54) is 22.7 Å². The molecule has 120 valence electrons. The van der Waals surface area contributed by atoms with Crippen LogP contribution >= 0.6 is 34.3 Å². The van der Waals surface area contributed by atoms with Gasteiger partial charge in [0.05, 0.1) is 5.02 Å². The molecule has 0 atom stereocenters. The van der Waals surface area contributed by atoms with Gasteiger partial charge in [-0.1, -0.05) is 61.9 Å². The fourth-order valence-electron chi connectivity index (χ4n) is 2.14. The summed E-state index contributed by atoms with van der Waals surface area (Å²) in [6.45, 7) is 6.43. The first-order valence-corrected chi connectivity index (χ1v) is 9.15. The van der Waals surface area contributed by atoms with Crippen LogP contribution in [0.5, 0.6) is 0 Å². The van der Waals surface area contributed by atoms with Crippen molar-refractivity contribution in [2.24, 2.45) is 5.41 Å². The summed E-state index contributed by atoms with van der Waals surface area (Å²) < 4.78 is 0.994. The van der Waals surface area contributed by atoms with Gasteiger partial charge < -0.3 is 0 Å². The number of hydrogen-bond donors (Lipinski definition) is 1. The van der Waals surface area contributed by atoms with Crippen molar-refractivity contribution in [1.82, 2.24) is 10.2 Å². The first kappa shape index (κ1) is 16.4. The smallest absolute Gasteiger partial charge is 0.269 e. The number of fused-ring (bicyclic) bond motifs is 1. The Bertz CT molecular complexity index is 864. The third-order valence-corrected chi connectivity index (χ3v) is 5.62. The van der Waals surface area contributed by atoms with Crippen molar-refractivity contribution in [3.63, 3.8) is 0 Å². The van der Waals surface area contributed by atoms with Crippen molar-refractivity contribution >= 4 is 55.4 Å². The molecule has 3 aromatic rings. The summed E-state index contributed by atoms with van der Waals surface area (Å²) in [7, 11) is 0. The molecular formula is C16H16ClN3OS2. The molecule has 0 aliphatic carbocycles. The molecule has 2 heterocycles. The first-order chi connectivity index (χ1) is 10.8. The van der Waals surface area contributed by atoms with E-state index >= 15 is 0 Å². The predicted molar refractivity (Wildman–Crippen MR) is 97.9 cm³/mol. The van der Waals surface area contributed by atoms with E-state index in [0.29, 0.717) is 15.0 Å². The van der Waals surface area contributed by atoms with Crippen LogP contribution in [0.15, 0.2) is 24.3 Å². The highest BCUT2D eigenvalue weighted by molar-refractivity contribution is 7.22. The Hall–Kier alpha value is -1.50. The van der Waals surface area contributed by atoms with Gasteiger partial charge in [0.15, 0.2) is 0 Å². The van der Waals surface area contributed by atoms with Gasteiger partial charge in [0.25, 0.3) is 5.91 Å². The molecule has 0 unspecified atom stereocenters. The Morgan fingerprint density at radius 2 is 1.96 bits per heavy atom. The van der Waals surface area contributed by atoms with Gasteiger partial charge in [-0.3, -0.25) is 10.1 Å². The van der Waals surface area contributed by atoms with Crippen molar-refractivity contribution < 1.29 is 4.79 Å². The molecule has 0 fully saturated rings. The van der Waals surface area contributed by atoms with E-state index in [1.807, 2.05) is 24.3 Å². The van der Waals surface area contributed by atoms with E-state index in [1.54, 1.807) is 0 Å². The zero-order valence-corrected chi connectivity index (χ0v) is 15.4. The minimum atomic E-state index is -0.241. The normalized spacial score (nSPS) is 11.8. The number of carbonyl (C=O) groups is 1. The molecule has 0 bridgehead atoms. The van der Waals surface area contributed by atoms with Crippen LogP contribution in [0, 0.1) is 5.41 Å². The molecule has 2 aromatic heterocycles. The summed E-state index contributed by atoms with van der Waals surface area (Å²) in [6, 6.07) is 7.71. The zero-order chi connectivity index (χ0) is 16.6. The number of hydrogen-bond acceptors (Lipinski definition) is 5. The molecule has 7 heteroatoms. The molecule has 0 spiro atoms. The molecule has 1 aromatic carbocycles. The molecule has 0 radical (unpaired) electrons. The molecule has 1 N–H and O–H groups in total. The lowest BCUT2D eigenvalue weighted by Crippen LogP contribution is -2.10.